The molecular weight excluding hydrogens is 426 g/mol. The summed E-state index contributed by atoms with van der Waals surface area (Å²) in [5, 5.41) is 5.22. The fourth-order valence-electron chi connectivity index (χ4n) is 3.41. The molecule has 1 aliphatic heterocycles. The van der Waals surface area contributed by atoms with Gasteiger partial charge >= 0.3 is 5.97 Å². The molecule has 0 fully saturated rings. The second-order valence-corrected chi connectivity index (χ2v) is 7.59. The molecule has 0 aliphatic carbocycles. The summed E-state index contributed by atoms with van der Waals surface area (Å²) in [6, 6.07) is 13.3. The molecule has 0 saturated carbocycles. The predicted octanol–water partition coefficient (Wildman–Crippen LogP) is 2.98. The van der Waals surface area contributed by atoms with Crippen molar-refractivity contribution in [2.45, 2.75) is 32.6 Å². The number of imide groups is 1. The summed E-state index contributed by atoms with van der Waals surface area (Å²) in [6.07, 6.45) is 1.87. The van der Waals surface area contributed by atoms with E-state index in [-0.39, 0.29) is 24.1 Å². The van der Waals surface area contributed by atoms with E-state index in [0.717, 1.165) is 0 Å². The van der Waals surface area contributed by atoms with Crippen molar-refractivity contribution in [1.82, 2.24) is 4.90 Å². The third-order valence-electron chi connectivity index (χ3n) is 4.99. The van der Waals surface area contributed by atoms with E-state index in [9.17, 15) is 24.0 Å². The largest absolute Gasteiger partial charge is 0.456 e. The zero-order valence-corrected chi connectivity index (χ0v) is 18.3. The normalized spacial score (nSPS) is 12.3. The van der Waals surface area contributed by atoms with Crippen LogP contribution >= 0.6 is 0 Å². The van der Waals surface area contributed by atoms with Gasteiger partial charge in [-0.1, -0.05) is 18.6 Å². The molecule has 0 bridgehead atoms. The number of ether oxygens (including phenoxy) is 1. The zero-order chi connectivity index (χ0) is 23.8. The molecule has 9 heteroatoms. The molecule has 4 amide bonds. The number of carbonyl (C=O) groups excluding carboxylic acids is 5. The van der Waals surface area contributed by atoms with E-state index in [0.29, 0.717) is 48.3 Å². The van der Waals surface area contributed by atoms with Gasteiger partial charge in [0.15, 0.2) is 6.61 Å². The van der Waals surface area contributed by atoms with Crippen molar-refractivity contribution in [3.8, 4) is 0 Å². The predicted molar refractivity (Wildman–Crippen MR) is 121 cm³/mol. The Morgan fingerprint density at radius 2 is 1.39 bits per heavy atom. The first-order chi connectivity index (χ1) is 15.8. The summed E-state index contributed by atoms with van der Waals surface area (Å²) < 4.78 is 4.98. The molecule has 3 rings (SSSR count). The van der Waals surface area contributed by atoms with Gasteiger partial charge < -0.3 is 15.4 Å². The highest BCUT2D eigenvalue weighted by atomic mass is 16.5. The number of unbranched alkanes of at least 4 members (excludes halogenated alkanes) is 2. The van der Waals surface area contributed by atoms with Crippen LogP contribution in [0.4, 0.5) is 11.4 Å². The Balaban J connectivity index is 1.29. The molecule has 0 atom stereocenters. The number of fused-ring (bicyclic) bond motifs is 1. The first-order valence-corrected chi connectivity index (χ1v) is 10.6. The molecular formula is C24H25N3O6. The summed E-state index contributed by atoms with van der Waals surface area (Å²) in [6.45, 7) is 1.30. The quantitative estimate of drug-likeness (QED) is 0.325. The van der Waals surface area contributed by atoms with Crippen molar-refractivity contribution in [3.63, 3.8) is 0 Å². The van der Waals surface area contributed by atoms with Gasteiger partial charge in [-0.2, -0.15) is 0 Å². The number of hydrogen-bond donors (Lipinski definition) is 2. The monoisotopic (exact) mass is 451 g/mol. The van der Waals surface area contributed by atoms with Crippen LogP contribution in [0.1, 0.15) is 53.3 Å². The van der Waals surface area contributed by atoms with E-state index < -0.39 is 18.5 Å². The van der Waals surface area contributed by atoms with Crippen molar-refractivity contribution in [2.75, 3.05) is 23.8 Å². The van der Waals surface area contributed by atoms with E-state index in [1.54, 1.807) is 48.5 Å². The first-order valence-electron chi connectivity index (χ1n) is 10.6. The zero-order valence-electron chi connectivity index (χ0n) is 18.3. The molecule has 0 unspecified atom stereocenters. The molecule has 0 radical (unpaired) electrons. The number of nitrogens with one attached hydrogen (secondary N) is 2. The van der Waals surface area contributed by atoms with Crippen LogP contribution in [0.25, 0.3) is 0 Å². The fraction of sp³-hybridized carbons (Fsp3) is 0.292. The van der Waals surface area contributed by atoms with Crippen LogP contribution in [0, 0.1) is 0 Å². The minimum Gasteiger partial charge on any atom is -0.456 e. The Morgan fingerprint density at radius 3 is 1.97 bits per heavy atom. The highest BCUT2D eigenvalue weighted by Gasteiger charge is 2.34. The molecule has 0 spiro atoms. The molecule has 172 valence electrons. The standard InChI is InChI=1S/C24H25N3O6/c1-16(28)25-17-10-12-18(13-11-17)26-21(29)15-33-22(30)9-3-2-6-14-27-23(31)19-7-4-5-8-20(19)24(27)32/h4-5,7-8,10-13H,2-3,6,9,14-15H2,1H3,(H,25,28)(H,26,29). The van der Waals surface area contributed by atoms with Crippen molar-refractivity contribution < 1.29 is 28.7 Å². The number of nitrogens with zero attached hydrogens (tertiary/aromatic N) is 1. The van der Waals surface area contributed by atoms with Crippen LogP contribution in [0.2, 0.25) is 0 Å². The minimum absolute atomic E-state index is 0.140. The molecule has 0 saturated heterocycles. The van der Waals surface area contributed by atoms with E-state index in [2.05, 4.69) is 10.6 Å². The van der Waals surface area contributed by atoms with Gasteiger partial charge in [-0.05, 0) is 49.2 Å². The molecule has 2 N–H and O–H groups in total. The van der Waals surface area contributed by atoms with Gasteiger partial charge in [-0.15, -0.1) is 0 Å². The topological polar surface area (TPSA) is 122 Å². The number of carbonyl (C=O) groups is 5. The van der Waals surface area contributed by atoms with Crippen LogP contribution < -0.4 is 10.6 Å². The van der Waals surface area contributed by atoms with Crippen LogP contribution in [0.15, 0.2) is 48.5 Å². The first kappa shape index (κ1) is 23.6. The number of esters is 1. The van der Waals surface area contributed by atoms with E-state index in [4.69, 9.17) is 4.74 Å². The van der Waals surface area contributed by atoms with Crippen molar-refractivity contribution in [2.24, 2.45) is 0 Å². The molecule has 1 heterocycles. The van der Waals surface area contributed by atoms with Gasteiger partial charge in [0, 0.05) is 31.3 Å². The highest BCUT2D eigenvalue weighted by Crippen LogP contribution is 2.22. The lowest BCUT2D eigenvalue weighted by Gasteiger charge is -2.13. The van der Waals surface area contributed by atoms with Crippen LogP contribution in [-0.2, 0) is 19.1 Å². The van der Waals surface area contributed by atoms with E-state index in [1.807, 2.05) is 0 Å². The Labute approximate surface area is 191 Å². The summed E-state index contributed by atoms with van der Waals surface area (Å²) in [5.41, 5.74) is 1.97. The van der Waals surface area contributed by atoms with Gasteiger partial charge in [0.25, 0.3) is 17.7 Å². The third kappa shape index (κ3) is 6.49. The average molecular weight is 451 g/mol. The van der Waals surface area contributed by atoms with Crippen LogP contribution in [0.3, 0.4) is 0 Å². The molecule has 9 nitrogen and oxygen atoms in total. The molecule has 2 aromatic carbocycles. The highest BCUT2D eigenvalue weighted by molar-refractivity contribution is 6.21. The number of hydrogen-bond acceptors (Lipinski definition) is 6. The van der Waals surface area contributed by atoms with Gasteiger partial charge in [-0.3, -0.25) is 28.9 Å². The van der Waals surface area contributed by atoms with Gasteiger partial charge in [0.1, 0.15) is 0 Å². The second kappa shape index (κ2) is 11.0. The maximum absolute atomic E-state index is 12.3. The van der Waals surface area contributed by atoms with Crippen molar-refractivity contribution >= 4 is 41.0 Å². The van der Waals surface area contributed by atoms with Crippen molar-refractivity contribution in [3.05, 3.63) is 59.7 Å². The number of amides is 4. The Hall–Kier alpha value is -4.01. The second-order valence-electron chi connectivity index (χ2n) is 7.59. The maximum Gasteiger partial charge on any atom is 0.306 e. The molecule has 2 aromatic rings. The Kier molecular flexibility index (Phi) is 7.91. The van der Waals surface area contributed by atoms with Crippen LogP contribution in [-0.4, -0.2) is 47.6 Å². The SMILES string of the molecule is CC(=O)Nc1ccc(NC(=O)COC(=O)CCCCCN2C(=O)c3ccccc3C2=O)cc1. The Morgan fingerprint density at radius 1 is 0.818 bits per heavy atom. The minimum atomic E-state index is -0.494. The van der Waals surface area contributed by atoms with Gasteiger partial charge in [0.05, 0.1) is 11.1 Å². The fourth-order valence-corrected chi connectivity index (χ4v) is 3.41. The van der Waals surface area contributed by atoms with Gasteiger partial charge in [0.2, 0.25) is 5.91 Å². The lowest BCUT2D eigenvalue weighted by molar-refractivity contribution is -0.147. The van der Waals surface area contributed by atoms with E-state index in [1.165, 1.54) is 11.8 Å². The smallest absolute Gasteiger partial charge is 0.306 e. The summed E-state index contributed by atoms with van der Waals surface area (Å²) in [7, 11) is 0. The summed E-state index contributed by atoms with van der Waals surface area (Å²) in [5.74, 6) is -1.73. The summed E-state index contributed by atoms with van der Waals surface area (Å²) >= 11 is 0. The molecule has 1 aliphatic rings. The Bertz CT molecular complexity index is 1030. The third-order valence-corrected chi connectivity index (χ3v) is 4.99. The van der Waals surface area contributed by atoms with Gasteiger partial charge in [-0.25, -0.2) is 0 Å². The van der Waals surface area contributed by atoms with Crippen molar-refractivity contribution in [1.29, 1.82) is 0 Å². The lowest BCUT2D eigenvalue weighted by atomic mass is 10.1. The number of benzene rings is 2. The number of rotatable bonds is 10. The molecule has 33 heavy (non-hydrogen) atoms. The lowest BCUT2D eigenvalue weighted by Crippen LogP contribution is -2.30. The molecule has 0 aromatic heterocycles. The van der Waals surface area contributed by atoms with E-state index >= 15 is 0 Å². The average Bonchev–Trinajstić information content (AvgIpc) is 3.03. The van der Waals surface area contributed by atoms with Crippen LogP contribution in [0.5, 0.6) is 0 Å². The summed E-state index contributed by atoms with van der Waals surface area (Å²) in [4.78, 5) is 60.6. The maximum atomic E-state index is 12.3. The number of anilines is 2.